The Kier molecular flexibility index (Phi) is 4.81. The molecule has 0 N–H and O–H groups in total. The van der Waals surface area contributed by atoms with Crippen molar-refractivity contribution in [2.45, 2.75) is 11.8 Å². The van der Waals surface area contributed by atoms with Gasteiger partial charge in [0.2, 0.25) is 0 Å². The highest BCUT2D eigenvalue weighted by molar-refractivity contribution is 7.91. The summed E-state index contributed by atoms with van der Waals surface area (Å²) in [7, 11) is -1.74. The Morgan fingerprint density at radius 2 is 1.92 bits per heavy atom. The fourth-order valence-corrected chi connectivity index (χ4v) is 4.97. The predicted molar refractivity (Wildman–Crippen MR) is 99.9 cm³/mol. The zero-order valence-electron chi connectivity index (χ0n) is 13.6. The van der Waals surface area contributed by atoms with Gasteiger partial charge in [-0.15, -0.1) is 0 Å². The second-order valence-corrected chi connectivity index (χ2v) is 9.01. The molecular formula is C17H15ClN2O3S2. The second kappa shape index (κ2) is 6.74. The van der Waals surface area contributed by atoms with Crippen molar-refractivity contribution < 1.29 is 13.2 Å². The third kappa shape index (κ3) is 3.27. The number of para-hydroxylation sites is 1. The molecule has 0 atom stereocenters. The summed E-state index contributed by atoms with van der Waals surface area (Å²) in [6, 6.07) is 11.6. The summed E-state index contributed by atoms with van der Waals surface area (Å²) in [5.41, 5.74) is 0.864. The minimum absolute atomic E-state index is 0.00745. The van der Waals surface area contributed by atoms with Gasteiger partial charge in [-0.25, -0.2) is 8.42 Å². The molecule has 0 radical (unpaired) electrons. The molecule has 0 saturated carbocycles. The van der Waals surface area contributed by atoms with E-state index < -0.39 is 15.7 Å². The summed E-state index contributed by atoms with van der Waals surface area (Å²) in [5.74, 6) is -0.672. The zero-order valence-corrected chi connectivity index (χ0v) is 16.0. The van der Waals surface area contributed by atoms with Crippen LogP contribution in [0, 0.1) is 0 Å². The normalized spacial score (nSPS) is 12.7. The van der Waals surface area contributed by atoms with Crippen molar-refractivity contribution in [2.75, 3.05) is 5.75 Å². The lowest BCUT2D eigenvalue weighted by atomic mass is 10.2. The average Bonchev–Trinajstić information content (AvgIpc) is 2.92. The van der Waals surface area contributed by atoms with E-state index >= 15 is 0 Å². The molecule has 1 aromatic heterocycles. The zero-order chi connectivity index (χ0) is 18.2. The fraction of sp³-hybridized carbons (Fsp3) is 0.176. The number of nitrogens with zero attached hydrogens (tertiary/aromatic N) is 2. The van der Waals surface area contributed by atoms with Gasteiger partial charge in [0.05, 0.1) is 31.5 Å². The van der Waals surface area contributed by atoms with Crippen molar-refractivity contribution >= 4 is 48.9 Å². The van der Waals surface area contributed by atoms with Crippen LogP contribution in [0.15, 0.2) is 52.4 Å². The number of sulfone groups is 1. The largest absolute Gasteiger partial charge is 0.318 e. The van der Waals surface area contributed by atoms with Crippen LogP contribution in [-0.2, 0) is 16.9 Å². The minimum Gasteiger partial charge on any atom is -0.318 e. The van der Waals surface area contributed by atoms with Crippen molar-refractivity contribution in [2.24, 2.45) is 12.0 Å². The Balaban J connectivity index is 2.18. The average molecular weight is 395 g/mol. The second-order valence-electron chi connectivity index (χ2n) is 5.35. The Morgan fingerprint density at radius 1 is 1.20 bits per heavy atom. The maximum absolute atomic E-state index is 12.6. The monoisotopic (exact) mass is 394 g/mol. The van der Waals surface area contributed by atoms with Crippen molar-refractivity contribution in [3.63, 3.8) is 0 Å². The van der Waals surface area contributed by atoms with E-state index in [1.165, 1.54) is 23.5 Å². The molecule has 0 saturated heterocycles. The van der Waals surface area contributed by atoms with Crippen LogP contribution in [0.25, 0.3) is 10.2 Å². The molecule has 0 aliphatic rings. The van der Waals surface area contributed by atoms with E-state index in [2.05, 4.69) is 4.99 Å². The molecule has 0 aliphatic heterocycles. The predicted octanol–water partition coefficient (Wildman–Crippen LogP) is 3.43. The Bertz CT molecular complexity index is 1140. The van der Waals surface area contributed by atoms with E-state index in [1.807, 2.05) is 12.1 Å². The molecular weight excluding hydrogens is 380 g/mol. The van der Waals surface area contributed by atoms with E-state index in [1.54, 1.807) is 36.7 Å². The van der Waals surface area contributed by atoms with Crippen molar-refractivity contribution in [1.29, 1.82) is 0 Å². The number of hydrogen-bond donors (Lipinski definition) is 0. The van der Waals surface area contributed by atoms with Gasteiger partial charge in [-0.3, -0.25) is 4.79 Å². The number of aryl methyl sites for hydroxylation is 1. The number of amides is 1. The van der Waals surface area contributed by atoms with Crippen LogP contribution in [0.2, 0.25) is 5.02 Å². The van der Waals surface area contributed by atoms with Gasteiger partial charge >= 0.3 is 0 Å². The lowest BCUT2D eigenvalue weighted by Crippen LogP contribution is -2.15. The first-order chi connectivity index (χ1) is 11.8. The number of benzene rings is 2. The maximum atomic E-state index is 12.6. The van der Waals surface area contributed by atoms with Gasteiger partial charge in [0.15, 0.2) is 14.6 Å². The van der Waals surface area contributed by atoms with E-state index in [0.29, 0.717) is 9.82 Å². The molecule has 0 unspecified atom stereocenters. The van der Waals surface area contributed by atoms with Crippen LogP contribution >= 0.6 is 22.9 Å². The van der Waals surface area contributed by atoms with E-state index in [4.69, 9.17) is 11.6 Å². The van der Waals surface area contributed by atoms with Crippen molar-refractivity contribution in [1.82, 2.24) is 4.57 Å². The van der Waals surface area contributed by atoms with Crippen LogP contribution < -0.4 is 4.80 Å². The highest BCUT2D eigenvalue weighted by Crippen LogP contribution is 2.24. The summed E-state index contributed by atoms with van der Waals surface area (Å²) in [6.07, 6.45) is 0. The van der Waals surface area contributed by atoms with Crippen LogP contribution in [0.3, 0.4) is 0 Å². The molecule has 1 heterocycles. The summed E-state index contributed by atoms with van der Waals surface area (Å²) in [4.78, 5) is 17.2. The SMILES string of the molecule is CCS(=O)(=O)c1ccccc1C(=O)N=c1sc2cccc(Cl)c2n1C. The summed E-state index contributed by atoms with van der Waals surface area (Å²) in [5, 5.41) is 0.569. The molecule has 3 rings (SSSR count). The molecule has 5 nitrogen and oxygen atoms in total. The molecule has 1 amide bonds. The summed E-state index contributed by atoms with van der Waals surface area (Å²) < 4.78 is 27.1. The summed E-state index contributed by atoms with van der Waals surface area (Å²) in [6.45, 7) is 1.54. The smallest absolute Gasteiger partial charge is 0.280 e. The lowest BCUT2D eigenvalue weighted by Gasteiger charge is -2.05. The molecule has 2 aromatic carbocycles. The number of carbonyl (C=O) groups excluding carboxylic acids is 1. The number of halogens is 1. The summed E-state index contributed by atoms with van der Waals surface area (Å²) >= 11 is 7.53. The minimum atomic E-state index is -3.51. The van der Waals surface area contributed by atoms with Gasteiger partial charge in [-0.05, 0) is 24.3 Å². The topological polar surface area (TPSA) is 68.5 Å². The van der Waals surface area contributed by atoms with Gasteiger partial charge in [0.1, 0.15) is 0 Å². The van der Waals surface area contributed by atoms with Crippen LogP contribution in [0.1, 0.15) is 17.3 Å². The standard InChI is InChI=1S/C17H15ClN2O3S2/c1-3-25(22,23)14-10-5-4-7-11(14)16(21)19-17-20(2)15-12(18)8-6-9-13(15)24-17/h4-10H,3H2,1-2H3. The highest BCUT2D eigenvalue weighted by Gasteiger charge is 2.20. The first-order valence-corrected chi connectivity index (χ1v) is 10.3. The molecule has 0 fully saturated rings. The third-order valence-electron chi connectivity index (χ3n) is 3.80. The number of thiazole rings is 1. The number of hydrogen-bond acceptors (Lipinski definition) is 4. The van der Waals surface area contributed by atoms with Crippen LogP contribution in [0.5, 0.6) is 0 Å². The van der Waals surface area contributed by atoms with E-state index in [-0.39, 0.29) is 16.2 Å². The van der Waals surface area contributed by atoms with Crippen LogP contribution in [0.4, 0.5) is 0 Å². The molecule has 3 aromatic rings. The first-order valence-electron chi connectivity index (χ1n) is 7.50. The number of aromatic nitrogens is 1. The Morgan fingerprint density at radius 3 is 2.60 bits per heavy atom. The molecule has 25 heavy (non-hydrogen) atoms. The van der Waals surface area contributed by atoms with E-state index in [0.717, 1.165) is 10.2 Å². The molecule has 0 bridgehead atoms. The lowest BCUT2D eigenvalue weighted by molar-refractivity contribution is 0.0995. The fourth-order valence-electron chi connectivity index (χ4n) is 2.48. The van der Waals surface area contributed by atoms with Crippen molar-refractivity contribution in [3.05, 3.63) is 57.9 Å². The van der Waals surface area contributed by atoms with Crippen LogP contribution in [-0.4, -0.2) is 24.6 Å². The molecule has 8 heteroatoms. The first kappa shape index (κ1) is 17.8. The number of carbonyl (C=O) groups is 1. The van der Waals surface area contributed by atoms with E-state index in [9.17, 15) is 13.2 Å². The van der Waals surface area contributed by atoms with Crippen molar-refractivity contribution in [3.8, 4) is 0 Å². The maximum Gasteiger partial charge on any atom is 0.280 e. The van der Waals surface area contributed by atoms with Gasteiger partial charge in [0.25, 0.3) is 5.91 Å². The molecule has 130 valence electrons. The van der Waals surface area contributed by atoms with Gasteiger partial charge in [-0.2, -0.15) is 4.99 Å². The van der Waals surface area contributed by atoms with Gasteiger partial charge in [0, 0.05) is 7.05 Å². The number of rotatable bonds is 3. The quantitative estimate of drug-likeness (QED) is 0.683. The Labute approximate surface area is 154 Å². The van der Waals surface area contributed by atoms with Gasteiger partial charge < -0.3 is 4.57 Å². The molecule has 0 aliphatic carbocycles. The number of fused-ring (bicyclic) bond motifs is 1. The Hall–Kier alpha value is -1.96. The van der Waals surface area contributed by atoms with Gasteiger partial charge in [-0.1, -0.05) is 48.1 Å². The molecule has 0 spiro atoms. The third-order valence-corrected chi connectivity index (χ3v) is 6.99. The highest BCUT2D eigenvalue weighted by atomic mass is 35.5.